The van der Waals surface area contributed by atoms with Crippen molar-refractivity contribution in [3.63, 3.8) is 0 Å². The third-order valence-corrected chi connectivity index (χ3v) is 2.75. The molecule has 4 nitrogen and oxygen atoms in total. The van der Waals surface area contributed by atoms with Crippen molar-refractivity contribution < 1.29 is 9.18 Å². The number of carbonyl (C=O) groups excluding carboxylic acids is 1. The number of nitrogens with one attached hydrogen (secondary N) is 1. The van der Waals surface area contributed by atoms with Gasteiger partial charge in [-0.25, -0.2) is 4.39 Å². The Hall–Kier alpha value is -2.43. The van der Waals surface area contributed by atoms with E-state index in [9.17, 15) is 14.0 Å². The second kappa shape index (κ2) is 5.48. The number of hydrogen-bond acceptors (Lipinski definition) is 2. The van der Waals surface area contributed by atoms with Gasteiger partial charge in [0.15, 0.2) is 0 Å². The average Bonchev–Trinajstić information content (AvgIpc) is 2.40. The first-order valence-corrected chi connectivity index (χ1v) is 5.76. The molecule has 19 heavy (non-hydrogen) atoms. The van der Waals surface area contributed by atoms with Crippen LogP contribution < -0.4 is 10.9 Å². The van der Waals surface area contributed by atoms with Gasteiger partial charge in [-0.2, -0.15) is 0 Å². The molecule has 0 atom stereocenters. The van der Waals surface area contributed by atoms with E-state index < -0.39 is 0 Å². The molecule has 0 fully saturated rings. The van der Waals surface area contributed by atoms with Crippen LogP contribution in [-0.4, -0.2) is 10.5 Å². The van der Waals surface area contributed by atoms with Gasteiger partial charge in [0.1, 0.15) is 5.82 Å². The highest BCUT2D eigenvalue weighted by Crippen LogP contribution is 2.06. The fourth-order valence-corrected chi connectivity index (χ4v) is 1.65. The topological polar surface area (TPSA) is 51.1 Å². The smallest absolute Gasteiger partial charge is 0.253 e. The number of pyridine rings is 1. The minimum Gasteiger partial charge on any atom is -0.348 e. The zero-order valence-electron chi connectivity index (χ0n) is 10.4. The average molecular weight is 260 g/mol. The predicted molar refractivity (Wildman–Crippen MR) is 69.3 cm³/mol. The van der Waals surface area contributed by atoms with E-state index in [1.807, 2.05) is 0 Å². The molecule has 0 saturated heterocycles. The second-order valence-corrected chi connectivity index (χ2v) is 4.14. The summed E-state index contributed by atoms with van der Waals surface area (Å²) in [5, 5.41) is 2.61. The molecule has 0 aliphatic carbocycles. The van der Waals surface area contributed by atoms with Crippen LogP contribution in [0.1, 0.15) is 15.9 Å². The van der Waals surface area contributed by atoms with Gasteiger partial charge in [0, 0.05) is 31.4 Å². The number of rotatable bonds is 3. The summed E-state index contributed by atoms with van der Waals surface area (Å²) in [6, 6.07) is 9.01. The third kappa shape index (κ3) is 3.07. The highest BCUT2D eigenvalue weighted by Gasteiger charge is 2.07. The van der Waals surface area contributed by atoms with Gasteiger partial charge in [-0.3, -0.25) is 9.59 Å². The molecule has 0 spiro atoms. The van der Waals surface area contributed by atoms with Crippen molar-refractivity contribution in [1.29, 1.82) is 0 Å². The Balaban J connectivity index is 2.08. The number of aromatic nitrogens is 1. The quantitative estimate of drug-likeness (QED) is 0.908. The number of aryl methyl sites for hydroxylation is 1. The van der Waals surface area contributed by atoms with E-state index in [2.05, 4.69) is 5.32 Å². The van der Waals surface area contributed by atoms with Crippen LogP contribution in [0.5, 0.6) is 0 Å². The van der Waals surface area contributed by atoms with Gasteiger partial charge >= 0.3 is 0 Å². The fourth-order valence-electron chi connectivity index (χ4n) is 1.65. The number of carbonyl (C=O) groups is 1. The lowest BCUT2D eigenvalue weighted by Gasteiger charge is -2.07. The number of amides is 1. The number of benzene rings is 1. The zero-order chi connectivity index (χ0) is 13.8. The second-order valence-electron chi connectivity index (χ2n) is 4.14. The molecular formula is C14H13FN2O2. The summed E-state index contributed by atoms with van der Waals surface area (Å²) < 4.78 is 14.7. The van der Waals surface area contributed by atoms with Crippen molar-refractivity contribution in [2.45, 2.75) is 6.54 Å². The molecule has 0 bridgehead atoms. The van der Waals surface area contributed by atoms with Crippen molar-refractivity contribution in [3.05, 3.63) is 69.9 Å². The summed E-state index contributed by atoms with van der Waals surface area (Å²) in [6.07, 6.45) is 1.44. The summed E-state index contributed by atoms with van der Waals surface area (Å²) in [5.41, 5.74) is 0.588. The molecule has 0 saturated carbocycles. The zero-order valence-corrected chi connectivity index (χ0v) is 10.4. The van der Waals surface area contributed by atoms with Crippen LogP contribution in [0.15, 0.2) is 47.4 Å². The molecule has 0 radical (unpaired) electrons. The maximum Gasteiger partial charge on any atom is 0.253 e. The highest BCUT2D eigenvalue weighted by molar-refractivity contribution is 5.93. The largest absolute Gasteiger partial charge is 0.348 e. The minimum absolute atomic E-state index is 0.106. The van der Waals surface area contributed by atoms with Gasteiger partial charge < -0.3 is 9.88 Å². The Morgan fingerprint density at radius 3 is 2.68 bits per heavy atom. The van der Waals surface area contributed by atoms with Gasteiger partial charge in [0.2, 0.25) is 5.56 Å². The Bertz CT molecular complexity index is 664. The van der Waals surface area contributed by atoms with Crippen LogP contribution in [0.25, 0.3) is 0 Å². The van der Waals surface area contributed by atoms with Gasteiger partial charge in [0.05, 0.1) is 5.56 Å². The molecule has 0 aliphatic heterocycles. The molecule has 1 heterocycles. The van der Waals surface area contributed by atoms with E-state index in [1.165, 1.54) is 29.0 Å². The number of nitrogens with zero attached hydrogens (tertiary/aromatic N) is 1. The van der Waals surface area contributed by atoms with Crippen LogP contribution in [-0.2, 0) is 13.6 Å². The van der Waals surface area contributed by atoms with Crippen molar-refractivity contribution >= 4 is 5.91 Å². The molecule has 1 amide bonds. The molecule has 2 aromatic rings. The Labute approximate surface area is 109 Å². The van der Waals surface area contributed by atoms with Crippen LogP contribution >= 0.6 is 0 Å². The Morgan fingerprint density at radius 2 is 2.00 bits per heavy atom. The number of hydrogen-bond donors (Lipinski definition) is 1. The SMILES string of the molecule is Cn1cc(C(=O)NCc2ccccc2F)ccc1=O. The van der Waals surface area contributed by atoms with Crippen LogP contribution in [0.2, 0.25) is 0 Å². The summed E-state index contributed by atoms with van der Waals surface area (Å²) in [4.78, 5) is 23.0. The minimum atomic E-state index is -0.358. The van der Waals surface area contributed by atoms with E-state index in [-0.39, 0.29) is 23.8 Å². The van der Waals surface area contributed by atoms with Gasteiger partial charge in [-0.15, -0.1) is 0 Å². The Kier molecular flexibility index (Phi) is 3.75. The van der Waals surface area contributed by atoms with Crippen molar-refractivity contribution in [2.75, 3.05) is 0 Å². The lowest BCUT2D eigenvalue weighted by atomic mass is 10.2. The van der Waals surface area contributed by atoms with Crippen molar-refractivity contribution in [1.82, 2.24) is 9.88 Å². The van der Waals surface area contributed by atoms with Crippen molar-refractivity contribution in [3.8, 4) is 0 Å². The molecule has 2 rings (SSSR count). The van der Waals surface area contributed by atoms with Crippen LogP contribution in [0.4, 0.5) is 4.39 Å². The Morgan fingerprint density at radius 1 is 1.26 bits per heavy atom. The normalized spacial score (nSPS) is 10.2. The fraction of sp³-hybridized carbons (Fsp3) is 0.143. The molecule has 1 N–H and O–H groups in total. The first-order chi connectivity index (χ1) is 9.08. The first kappa shape index (κ1) is 13.0. The standard InChI is InChI=1S/C14H13FN2O2/c1-17-9-11(6-7-13(17)18)14(19)16-8-10-4-2-3-5-12(10)15/h2-7,9H,8H2,1H3,(H,16,19). The van der Waals surface area contributed by atoms with Gasteiger partial charge in [0.25, 0.3) is 5.91 Å². The predicted octanol–water partition coefficient (Wildman–Crippen LogP) is 1.45. The summed E-state index contributed by atoms with van der Waals surface area (Å²) in [5.74, 6) is -0.706. The molecule has 0 aliphatic rings. The maximum atomic E-state index is 13.4. The molecule has 5 heteroatoms. The van der Waals surface area contributed by atoms with E-state index in [4.69, 9.17) is 0 Å². The number of halogens is 1. The van der Waals surface area contributed by atoms with Crippen LogP contribution in [0.3, 0.4) is 0 Å². The van der Waals surface area contributed by atoms with E-state index in [0.29, 0.717) is 11.1 Å². The molecule has 1 aromatic carbocycles. The lowest BCUT2D eigenvalue weighted by Crippen LogP contribution is -2.25. The van der Waals surface area contributed by atoms with Gasteiger partial charge in [-0.05, 0) is 12.1 Å². The lowest BCUT2D eigenvalue weighted by molar-refractivity contribution is 0.0950. The molecule has 0 unspecified atom stereocenters. The summed E-state index contributed by atoms with van der Waals surface area (Å²) in [6.45, 7) is 0.106. The summed E-state index contributed by atoms with van der Waals surface area (Å²) >= 11 is 0. The van der Waals surface area contributed by atoms with E-state index in [1.54, 1.807) is 25.2 Å². The third-order valence-electron chi connectivity index (χ3n) is 2.75. The monoisotopic (exact) mass is 260 g/mol. The van der Waals surface area contributed by atoms with Gasteiger partial charge in [-0.1, -0.05) is 18.2 Å². The van der Waals surface area contributed by atoms with Crippen LogP contribution in [0, 0.1) is 5.82 Å². The molecule has 1 aromatic heterocycles. The maximum absolute atomic E-state index is 13.4. The first-order valence-electron chi connectivity index (χ1n) is 5.76. The van der Waals surface area contributed by atoms with Crippen molar-refractivity contribution in [2.24, 2.45) is 7.05 Å². The highest BCUT2D eigenvalue weighted by atomic mass is 19.1. The molecule has 98 valence electrons. The van der Waals surface area contributed by atoms with E-state index >= 15 is 0 Å². The molecular weight excluding hydrogens is 247 g/mol. The van der Waals surface area contributed by atoms with E-state index in [0.717, 1.165) is 0 Å². The summed E-state index contributed by atoms with van der Waals surface area (Å²) in [7, 11) is 1.57.